The van der Waals surface area contributed by atoms with E-state index in [2.05, 4.69) is 45.1 Å². The van der Waals surface area contributed by atoms with Gasteiger partial charge in [-0.15, -0.1) is 0 Å². The Balaban J connectivity index is 3.52. The van der Waals surface area contributed by atoms with Crippen molar-refractivity contribution in [2.45, 2.75) is 40.0 Å². The van der Waals surface area contributed by atoms with Crippen LogP contribution < -0.4 is 0 Å². The summed E-state index contributed by atoms with van der Waals surface area (Å²) in [7, 11) is 0. The van der Waals surface area contributed by atoms with E-state index < -0.39 is 0 Å². The molecule has 0 aromatic heterocycles. The first-order valence-corrected chi connectivity index (χ1v) is 4.62. The Morgan fingerprint density at radius 3 is 2.18 bits per heavy atom. The fraction of sp³-hybridized carbons (Fsp3) is 0.636. The van der Waals surface area contributed by atoms with Gasteiger partial charge in [0.15, 0.2) is 0 Å². The largest absolute Gasteiger partial charge is 0.0914 e. The third kappa shape index (κ3) is 5.90. The molecule has 0 unspecified atom stereocenters. The normalized spacial score (nSPS) is 12.4. The van der Waals surface area contributed by atoms with E-state index in [1.54, 1.807) is 0 Å². The zero-order valence-corrected chi connectivity index (χ0v) is 8.01. The highest BCUT2D eigenvalue weighted by Gasteiger charge is 1.94. The average molecular weight is 152 g/mol. The fourth-order valence-electron chi connectivity index (χ4n) is 1.05. The lowest BCUT2D eigenvalue weighted by Crippen LogP contribution is -1.89. The summed E-state index contributed by atoms with van der Waals surface area (Å²) in [6.07, 6.45) is 12.5. The lowest BCUT2D eigenvalue weighted by atomic mass is 10.0. The molecular weight excluding hydrogens is 132 g/mol. The van der Waals surface area contributed by atoms with Gasteiger partial charge in [-0.05, 0) is 32.1 Å². The molecule has 0 aliphatic carbocycles. The minimum atomic E-state index is 0.792. The SMILES string of the molecule is CC=CCC=CC(CC)CC. The van der Waals surface area contributed by atoms with Gasteiger partial charge in [-0.25, -0.2) is 0 Å². The Hall–Kier alpha value is -0.520. The highest BCUT2D eigenvalue weighted by molar-refractivity contribution is 4.93. The van der Waals surface area contributed by atoms with Crippen molar-refractivity contribution in [3.8, 4) is 0 Å². The van der Waals surface area contributed by atoms with E-state index in [9.17, 15) is 0 Å². The highest BCUT2D eigenvalue weighted by atomic mass is 14.0. The van der Waals surface area contributed by atoms with Gasteiger partial charge in [0.05, 0.1) is 0 Å². The summed E-state index contributed by atoms with van der Waals surface area (Å²) in [5, 5.41) is 0. The van der Waals surface area contributed by atoms with Crippen LogP contribution in [0.25, 0.3) is 0 Å². The predicted octanol–water partition coefficient (Wildman–Crippen LogP) is 3.95. The molecular formula is C11H20. The molecule has 11 heavy (non-hydrogen) atoms. The van der Waals surface area contributed by atoms with E-state index in [1.165, 1.54) is 12.8 Å². The summed E-state index contributed by atoms with van der Waals surface area (Å²) in [5.41, 5.74) is 0. The van der Waals surface area contributed by atoms with E-state index in [-0.39, 0.29) is 0 Å². The maximum atomic E-state index is 2.33. The third-order valence-electron chi connectivity index (χ3n) is 1.96. The molecule has 0 nitrogen and oxygen atoms in total. The molecule has 0 aliphatic heterocycles. The fourth-order valence-corrected chi connectivity index (χ4v) is 1.05. The molecule has 0 radical (unpaired) electrons. The van der Waals surface area contributed by atoms with E-state index in [4.69, 9.17) is 0 Å². The van der Waals surface area contributed by atoms with Gasteiger partial charge in [-0.3, -0.25) is 0 Å². The molecule has 0 heterocycles. The second-order valence-corrected chi connectivity index (χ2v) is 2.81. The van der Waals surface area contributed by atoms with Crippen LogP contribution in [0.1, 0.15) is 40.0 Å². The van der Waals surface area contributed by atoms with Crippen molar-refractivity contribution in [2.24, 2.45) is 5.92 Å². The van der Waals surface area contributed by atoms with Crippen LogP contribution in [0.5, 0.6) is 0 Å². The molecule has 0 spiro atoms. The van der Waals surface area contributed by atoms with Gasteiger partial charge in [0.1, 0.15) is 0 Å². The zero-order chi connectivity index (χ0) is 8.53. The Morgan fingerprint density at radius 1 is 1.09 bits per heavy atom. The van der Waals surface area contributed by atoms with Crippen LogP contribution >= 0.6 is 0 Å². The van der Waals surface area contributed by atoms with Crippen molar-refractivity contribution in [1.82, 2.24) is 0 Å². The van der Waals surface area contributed by atoms with Gasteiger partial charge in [0, 0.05) is 0 Å². The molecule has 0 aliphatic rings. The summed E-state index contributed by atoms with van der Waals surface area (Å²) >= 11 is 0. The smallest absolute Gasteiger partial charge is 0.0169 e. The zero-order valence-electron chi connectivity index (χ0n) is 8.01. The third-order valence-corrected chi connectivity index (χ3v) is 1.96. The maximum Gasteiger partial charge on any atom is -0.0169 e. The molecule has 0 aromatic carbocycles. The van der Waals surface area contributed by atoms with Crippen molar-refractivity contribution < 1.29 is 0 Å². The van der Waals surface area contributed by atoms with Crippen molar-refractivity contribution in [3.05, 3.63) is 24.3 Å². The molecule has 0 amide bonds. The Bertz CT molecular complexity index is 116. The van der Waals surface area contributed by atoms with Crippen LogP contribution in [0.3, 0.4) is 0 Å². The summed E-state index contributed by atoms with van der Waals surface area (Å²) < 4.78 is 0. The topological polar surface area (TPSA) is 0 Å². The van der Waals surface area contributed by atoms with Gasteiger partial charge in [-0.2, -0.15) is 0 Å². The van der Waals surface area contributed by atoms with Crippen molar-refractivity contribution in [2.75, 3.05) is 0 Å². The monoisotopic (exact) mass is 152 g/mol. The lowest BCUT2D eigenvalue weighted by molar-refractivity contribution is 0.605. The van der Waals surface area contributed by atoms with Crippen LogP contribution in [0, 0.1) is 5.92 Å². The Labute approximate surface area is 71.0 Å². The number of rotatable bonds is 5. The van der Waals surface area contributed by atoms with E-state index in [1.807, 2.05) is 0 Å². The Morgan fingerprint density at radius 2 is 1.73 bits per heavy atom. The van der Waals surface area contributed by atoms with Crippen molar-refractivity contribution in [1.29, 1.82) is 0 Å². The second-order valence-electron chi connectivity index (χ2n) is 2.81. The molecule has 0 N–H and O–H groups in total. The van der Waals surface area contributed by atoms with Gasteiger partial charge in [-0.1, -0.05) is 38.2 Å². The first-order chi connectivity index (χ1) is 5.35. The van der Waals surface area contributed by atoms with Crippen LogP contribution in [0.2, 0.25) is 0 Å². The van der Waals surface area contributed by atoms with E-state index in [0.29, 0.717) is 0 Å². The molecule has 0 saturated carbocycles. The minimum Gasteiger partial charge on any atom is -0.0914 e. The summed E-state index contributed by atoms with van der Waals surface area (Å²) in [6, 6.07) is 0. The predicted molar refractivity (Wildman–Crippen MR) is 52.6 cm³/mol. The van der Waals surface area contributed by atoms with Crippen molar-refractivity contribution >= 4 is 0 Å². The van der Waals surface area contributed by atoms with Crippen LogP contribution in [0.4, 0.5) is 0 Å². The Kier molecular flexibility index (Phi) is 7.23. The lowest BCUT2D eigenvalue weighted by Gasteiger charge is -2.03. The number of hydrogen-bond acceptors (Lipinski definition) is 0. The first kappa shape index (κ1) is 10.5. The second kappa shape index (κ2) is 7.59. The summed E-state index contributed by atoms with van der Waals surface area (Å²) in [6.45, 7) is 6.55. The molecule has 64 valence electrons. The number of hydrogen-bond donors (Lipinski definition) is 0. The van der Waals surface area contributed by atoms with Gasteiger partial charge < -0.3 is 0 Å². The van der Waals surface area contributed by atoms with Crippen molar-refractivity contribution in [3.63, 3.8) is 0 Å². The standard InChI is InChI=1S/C11H20/c1-4-7-8-9-10-11(5-2)6-3/h4,7,9-11H,5-6,8H2,1-3H3. The molecule has 0 fully saturated rings. The quantitative estimate of drug-likeness (QED) is 0.523. The van der Waals surface area contributed by atoms with Gasteiger partial charge in [0.2, 0.25) is 0 Å². The minimum absolute atomic E-state index is 0.792. The molecule has 0 heteroatoms. The molecule has 0 aromatic rings. The summed E-state index contributed by atoms with van der Waals surface area (Å²) in [4.78, 5) is 0. The average Bonchev–Trinajstić information content (AvgIpc) is 2.05. The molecule has 0 rings (SSSR count). The van der Waals surface area contributed by atoms with Crippen LogP contribution in [0.15, 0.2) is 24.3 Å². The van der Waals surface area contributed by atoms with Gasteiger partial charge >= 0.3 is 0 Å². The van der Waals surface area contributed by atoms with E-state index >= 15 is 0 Å². The van der Waals surface area contributed by atoms with Gasteiger partial charge in [0.25, 0.3) is 0 Å². The number of allylic oxidation sites excluding steroid dienone is 4. The first-order valence-electron chi connectivity index (χ1n) is 4.62. The molecule has 0 atom stereocenters. The van der Waals surface area contributed by atoms with Crippen LogP contribution in [-0.4, -0.2) is 0 Å². The molecule has 0 bridgehead atoms. The maximum absolute atomic E-state index is 2.33. The summed E-state index contributed by atoms with van der Waals surface area (Å²) in [5.74, 6) is 0.792. The highest BCUT2D eigenvalue weighted by Crippen LogP contribution is 2.08. The van der Waals surface area contributed by atoms with Crippen LogP contribution in [-0.2, 0) is 0 Å². The van der Waals surface area contributed by atoms with E-state index in [0.717, 1.165) is 12.3 Å². The molecule has 0 saturated heterocycles.